The minimum atomic E-state index is -0.741. The van der Waals surface area contributed by atoms with Crippen molar-refractivity contribution in [3.63, 3.8) is 0 Å². The van der Waals surface area contributed by atoms with Crippen molar-refractivity contribution in [2.45, 2.75) is 12.0 Å². The van der Waals surface area contributed by atoms with E-state index >= 15 is 0 Å². The van der Waals surface area contributed by atoms with Crippen LogP contribution in [0.3, 0.4) is 0 Å². The zero-order valence-electron chi connectivity index (χ0n) is 8.24. The maximum Gasteiger partial charge on any atom is 0.126 e. The first-order valence-corrected chi connectivity index (χ1v) is 5.63. The largest absolute Gasteiger partial charge is 0.386 e. The predicted octanol–water partition coefficient (Wildman–Crippen LogP) is 1.41. The van der Waals surface area contributed by atoms with Crippen molar-refractivity contribution < 1.29 is 9.84 Å². The van der Waals surface area contributed by atoms with E-state index in [1.807, 2.05) is 12.1 Å². The van der Waals surface area contributed by atoms with Gasteiger partial charge >= 0.3 is 0 Å². The van der Waals surface area contributed by atoms with E-state index in [1.54, 1.807) is 6.20 Å². The minimum Gasteiger partial charge on any atom is -0.386 e. The molecule has 1 aliphatic heterocycles. The number of aliphatic hydroxyl groups is 1. The number of hydrogen-bond acceptors (Lipinski definition) is 4. The third kappa shape index (κ3) is 2.90. The van der Waals surface area contributed by atoms with E-state index in [9.17, 15) is 5.11 Å². The molecule has 1 saturated heterocycles. The molecule has 1 unspecified atom stereocenters. The lowest BCUT2D eigenvalue weighted by atomic mass is 10.0. The standard InChI is InChI=1S/C10H13BrN2O2/c11-8-1-2-9(12-5-8)13-6-10(14)3-4-15-7-10/h1-2,5,14H,3-4,6-7H2,(H,12,13). The molecule has 2 heterocycles. The Bertz CT molecular complexity index is 323. The van der Waals surface area contributed by atoms with Gasteiger partial charge in [0.2, 0.25) is 0 Å². The average molecular weight is 273 g/mol. The van der Waals surface area contributed by atoms with Gasteiger partial charge in [-0.2, -0.15) is 0 Å². The molecule has 1 aromatic heterocycles. The number of pyridine rings is 1. The lowest BCUT2D eigenvalue weighted by Crippen LogP contribution is -2.37. The molecule has 0 aliphatic carbocycles. The van der Waals surface area contributed by atoms with Crippen LogP contribution in [0.2, 0.25) is 0 Å². The summed E-state index contributed by atoms with van der Waals surface area (Å²) in [5, 5.41) is 13.1. The van der Waals surface area contributed by atoms with Crippen molar-refractivity contribution in [1.82, 2.24) is 4.98 Å². The molecule has 1 aliphatic rings. The number of hydrogen-bond donors (Lipinski definition) is 2. The number of halogens is 1. The van der Waals surface area contributed by atoms with Crippen molar-refractivity contribution in [3.8, 4) is 0 Å². The molecule has 2 N–H and O–H groups in total. The van der Waals surface area contributed by atoms with E-state index in [4.69, 9.17) is 4.74 Å². The van der Waals surface area contributed by atoms with Gasteiger partial charge in [-0.3, -0.25) is 0 Å². The second-order valence-electron chi connectivity index (χ2n) is 3.74. The molecule has 0 aromatic carbocycles. The Morgan fingerprint density at radius 3 is 3.07 bits per heavy atom. The molecule has 1 fully saturated rings. The van der Waals surface area contributed by atoms with Gasteiger partial charge < -0.3 is 15.2 Å². The van der Waals surface area contributed by atoms with Crippen molar-refractivity contribution in [1.29, 1.82) is 0 Å². The van der Waals surface area contributed by atoms with E-state index in [0.29, 0.717) is 26.2 Å². The summed E-state index contributed by atoms with van der Waals surface area (Å²) in [6.45, 7) is 1.50. The van der Waals surface area contributed by atoms with Gasteiger partial charge in [0.15, 0.2) is 0 Å². The van der Waals surface area contributed by atoms with E-state index in [2.05, 4.69) is 26.2 Å². The quantitative estimate of drug-likeness (QED) is 0.874. The SMILES string of the molecule is OC1(CNc2ccc(Br)cn2)CCOC1. The fraction of sp³-hybridized carbons (Fsp3) is 0.500. The summed E-state index contributed by atoms with van der Waals surface area (Å²) in [6.07, 6.45) is 2.40. The Hall–Kier alpha value is -0.650. The van der Waals surface area contributed by atoms with Crippen LogP contribution in [0.1, 0.15) is 6.42 Å². The highest BCUT2D eigenvalue weighted by atomic mass is 79.9. The van der Waals surface area contributed by atoms with Gasteiger partial charge in [-0.1, -0.05) is 0 Å². The topological polar surface area (TPSA) is 54.4 Å². The van der Waals surface area contributed by atoms with Crippen molar-refractivity contribution >= 4 is 21.7 Å². The zero-order valence-corrected chi connectivity index (χ0v) is 9.83. The fourth-order valence-corrected chi connectivity index (χ4v) is 1.71. The van der Waals surface area contributed by atoms with Crippen LogP contribution in [0, 0.1) is 0 Å². The smallest absolute Gasteiger partial charge is 0.126 e. The second kappa shape index (κ2) is 4.47. The van der Waals surface area contributed by atoms with Gasteiger partial charge in [0.05, 0.1) is 6.61 Å². The molecule has 0 amide bonds. The predicted molar refractivity (Wildman–Crippen MR) is 60.8 cm³/mol. The summed E-state index contributed by atoms with van der Waals surface area (Å²) < 4.78 is 6.09. The van der Waals surface area contributed by atoms with Crippen LogP contribution in [-0.4, -0.2) is 35.5 Å². The highest BCUT2D eigenvalue weighted by Crippen LogP contribution is 2.19. The number of rotatable bonds is 3. The molecular formula is C10H13BrN2O2. The van der Waals surface area contributed by atoms with Gasteiger partial charge in [0, 0.05) is 30.2 Å². The van der Waals surface area contributed by atoms with Crippen LogP contribution in [-0.2, 0) is 4.74 Å². The fourth-order valence-electron chi connectivity index (χ4n) is 1.47. The first-order valence-electron chi connectivity index (χ1n) is 4.84. The third-order valence-corrected chi connectivity index (χ3v) is 2.88. The highest BCUT2D eigenvalue weighted by molar-refractivity contribution is 9.10. The van der Waals surface area contributed by atoms with Crippen LogP contribution >= 0.6 is 15.9 Å². The summed E-state index contributed by atoms with van der Waals surface area (Å²) in [6, 6.07) is 3.77. The number of ether oxygens (including phenoxy) is 1. The van der Waals surface area contributed by atoms with Gasteiger partial charge in [0.1, 0.15) is 11.4 Å². The maximum atomic E-state index is 9.98. The number of nitrogens with zero attached hydrogens (tertiary/aromatic N) is 1. The van der Waals surface area contributed by atoms with Gasteiger partial charge in [-0.25, -0.2) is 4.98 Å². The summed E-state index contributed by atoms with van der Waals surface area (Å²) in [4.78, 5) is 4.16. The number of anilines is 1. The van der Waals surface area contributed by atoms with Crippen LogP contribution in [0.4, 0.5) is 5.82 Å². The second-order valence-corrected chi connectivity index (χ2v) is 4.66. The molecule has 1 aromatic rings. The molecule has 15 heavy (non-hydrogen) atoms. The highest BCUT2D eigenvalue weighted by Gasteiger charge is 2.31. The molecule has 1 atom stereocenters. The molecule has 2 rings (SSSR count). The normalized spacial score (nSPS) is 25.5. The van der Waals surface area contributed by atoms with Crippen LogP contribution in [0.25, 0.3) is 0 Å². The summed E-state index contributed by atoms with van der Waals surface area (Å²) in [7, 11) is 0. The molecule has 0 spiro atoms. The molecular weight excluding hydrogens is 260 g/mol. The Balaban J connectivity index is 1.90. The van der Waals surface area contributed by atoms with E-state index in [1.165, 1.54) is 0 Å². The number of aromatic nitrogens is 1. The van der Waals surface area contributed by atoms with E-state index in [0.717, 1.165) is 10.3 Å². The molecule has 4 nitrogen and oxygen atoms in total. The third-order valence-electron chi connectivity index (χ3n) is 2.41. The Kier molecular flexibility index (Phi) is 3.23. The van der Waals surface area contributed by atoms with Crippen molar-refractivity contribution in [2.24, 2.45) is 0 Å². The molecule has 0 radical (unpaired) electrons. The van der Waals surface area contributed by atoms with Crippen LogP contribution in [0.15, 0.2) is 22.8 Å². The Labute approximate surface area is 96.8 Å². The maximum absolute atomic E-state index is 9.98. The Morgan fingerprint density at radius 2 is 2.47 bits per heavy atom. The monoisotopic (exact) mass is 272 g/mol. The van der Waals surface area contributed by atoms with Crippen LogP contribution < -0.4 is 5.32 Å². The summed E-state index contributed by atoms with van der Waals surface area (Å²) in [5.41, 5.74) is -0.741. The molecule has 82 valence electrons. The summed E-state index contributed by atoms with van der Waals surface area (Å²) >= 11 is 3.31. The van der Waals surface area contributed by atoms with E-state index < -0.39 is 5.60 Å². The zero-order chi connectivity index (χ0) is 10.7. The van der Waals surface area contributed by atoms with Gasteiger partial charge in [0.25, 0.3) is 0 Å². The lowest BCUT2D eigenvalue weighted by molar-refractivity contribution is 0.0381. The average Bonchev–Trinajstić information content (AvgIpc) is 2.65. The van der Waals surface area contributed by atoms with Crippen LogP contribution in [0.5, 0.6) is 0 Å². The van der Waals surface area contributed by atoms with E-state index in [-0.39, 0.29) is 0 Å². The minimum absolute atomic E-state index is 0.399. The van der Waals surface area contributed by atoms with Crippen molar-refractivity contribution in [2.75, 3.05) is 25.1 Å². The van der Waals surface area contributed by atoms with Gasteiger partial charge in [-0.15, -0.1) is 0 Å². The lowest BCUT2D eigenvalue weighted by Gasteiger charge is -2.20. The molecule has 0 saturated carbocycles. The first kappa shape index (κ1) is 10.9. The Morgan fingerprint density at radius 1 is 1.60 bits per heavy atom. The molecule has 0 bridgehead atoms. The first-order chi connectivity index (χ1) is 7.18. The molecule has 5 heteroatoms. The van der Waals surface area contributed by atoms with Gasteiger partial charge in [-0.05, 0) is 28.1 Å². The number of nitrogens with one attached hydrogen (secondary N) is 1. The van der Waals surface area contributed by atoms with Crippen molar-refractivity contribution in [3.05, 3.63) is 22.8 Å². The summed E-state index contributed by atoms with van der Waals surface area (Å²) in [5.74, 6) is 0.763.